The van der Waals surface area contributed by atoms with Gasteiger partial charge in [-0.25, -0.2) is 0 Å². The Balaban J connectivity index is 1.78. The topological polar surface area (TPSA) is 47.0 Å². The van der Waals surface area contributed by atoms with Crippen LogP contribution in [0.25, 0.3) is 0 Å². The van der Waals surface area contributed by atoms with Crippen LogP contribution in [0.5, 0.6) is 0 Å². The molecule has 1 aliphatic heterocycles. The number of β-amino-alcohol motifs (C(OH)–C–C–N with tert-alkyl or cyclic N) is 1. The van der Waals surface area contributed by atoms with Gasteiger partial charge < -0.3 is 10.0 Å². The highest BCUT2D eigenvalue weighted by atomic mass is 16.3. The molecule has 1 aliphatic rings. The zero-order valence-electron chi connectivity index (χ0n) is 16.1. The molecular weight excluding hydrogens is 314 g/mol. The van der Waals surface area contributed by atoms with Gasteiger partial charge in [-0.05, 0) is 33.3 Å². The van der Waals surface area contributed by atoms with Gasteiger partial charge in [0.15, 0.2) is 0 Å². The molecule has 0 aliphatic carbocycles. The molecule has 0 saturated carbocycles. The number of aliphatic hydroxyl groups excluding tert-OH is 1. The van der Waals surface area contributed by atoms with Crippen LogP contribution in [0.15, 0.2) is 30.3 Å². The van der Waals surface area contributed by atoms with Crippen molar-refractivity contribution in [2.24, 2.45) is 0 Å². The number of piperazine rings is 1. The van der Waals surface area contributed by atoms with Crippen LogP contribution in [0.3, 0.4) is 0 Å². The highest BCUT2D eigenvalue weighted by Crippen LogP contribution is 2.15. The second kappa shape index (κ2) is 9.32. The fourth-order valence-corrected chi connectivity index (χ4v) is 3.60. The summed E-state index contributed by atoms with van der Waals surface area (Å²) < 4.78 is 0. The fraction of sp³-hybridized carbons (Fsp3) is 0.650. The van der Waals surface area contributed by atoms with Gasteiger partial charge in [0.1, 0.15) is 0 Å². The molecule has 1 aromatic rings. The zero-order valence-corrected chi connectivity index (χ0v) is 16.1. The normalized spacial score (nSPS) is 17.9. The maximum absolute atomic E-state index is 12.6. The number of benzene rings is 1. The van der Waals surface area contributed by atoms with Gasteiger partial charge in [0.25, 0.3) is 0 Å². The lowest BCUT2D eigenvalue weighted by molar-refractivity contribution is -0.136. The Bertz CT molecular complexity index is 517. The molecule has 1 amide bonds. The standard InChI is InChI=1S/C20H33N3O2/c1-16(2)23(17(3)4)20(25)15-22-12-10-21(11-13-22)14-19(24)18-8-6-5-7-9-18/h5-9,16-17,19,24H,10-15H2,1-4H3/t19-/m1/s1. The SMILES string of the molecule is CC(C)N(C(=O)CN1CCN(C[C@@H](O)c2ccccc2)CC1)C(C)C. The van der Waals surface area contributed by atoms with Gasteiger partial charge in [0.05, 0.1) is 12.6 Å². The number of carbonyl (C=O) groups excluding carboxylic acids is 1. The van der Waals surface area contributed by atoms with E-state index in [1.165, 1.54) is 0 Å². The van der Waals surface area contributed by atoms with E-state index in [4.69, 9.17) is 0 Å². The Morgan fingerprint density at radius 2 is 1.52 bits per heavy atom. The smallest absolute Gasteiger partial charge is 0.237 e. The maximum atomic E-state index is 12.6. The molecule has 0 unspecified atom stereocenters. The lowest BCUT2D eigenvalue weighted by Crippen LogP contribution is -2.52. The highest BCUT2D eigenvalue weighted by molar-refractivity contribution is 5.78. The first kappa shape index (κ1) is 19.9. The average molecular weight is 348 g/mol. The molecule has 1 N–H and O–H groups in total. The van der Waals surface area contributed by atoms with Crippen LogP contribution in [0.4, 0.5) is 0 Å². The van der Waals surface area contributed by atoms with E-state index < -0.39 is 6.10 Å². The highest BCUT2D eigenvalue weighted by Gasteiger charge is 2.25. The van der Waals surface area contributed by atoms with E-state index in [1.807, 2.05) is 35.2 Å². The maximum Gasteiger partial charge on any atom is 0.237 e. The van der Waals surface area contributed by atoms with E-state index in [0.29, 0.717) is 13.1 Å². The Morgan fingerprint density at radius 1 is 1.00 bits per heavy atom. The summed E-state index contributed by atoms with van der Waals surface area (Å²) in [5, 5.41) is 10.4. The first-order valence-electron chi connectivity index (χ1n) is 9.37. The molecule has 0 radical (unpaired) electrons. The van der Waals surface area contributed by atoms with Crippen LogP contribution in [0.2, 0.25) is 0 Å². The van der Waals surface area contributed by atoms with Gasteiger partial charge in [-0.3, -0.25) is 14.6 Å². The van der Waals surface area contributed by atoms with Crippen LogP contribution < -0.4 is 0 Å². The van der Waals surface area contributed by atoms with E-state index in [0.717, 1.165) is 31.7 Å². The van der Waals surface area contributed by atoms with E-state index in [1.54, 1.807) is 0 Å². The molecule has 0 bridgehead atoms. The Hall–Kier alpha value is -1.43. The molecule has 1 fully saturated rings. The van der Waals surface area contributed by atoms with Crippen molar-refractivity contribution in [3.63, 3.8) is 0 Å². The predicted molar refractivity (Wildman–Crippen MR) is 101 cm³/mol. The lowest BCUT2D eigenvalue weighted by Gasteiger charge is -2.37. The molecule has 2 rings (SSSR count). The number of hydrogen-bond donors (Lipinski definition) is 1. The van der Waals surface area contributed by atoms with Gasteiger partial charge in [-0.1, -0.05) is 30.3 Å². The van der Waals surface area contributed by atoms with E-state index >= 15 is 0 Å². The Labute approximate surface area is 152 Å². The largest absolute Gasteiger partial charge is 0.387 e. The van der Waals surface area contributed by atoms with Crippen molar-refractivity contribution in [2.75, 3.05) is 39.3 Å². The van der Waals surface area contributed by atoms with Crippen molar-refractivity contribution in [1.29, 1.82) is 0 Å². The van der Waals surface area contributed by atoms with E-state index in [-0.39, 0.29) is 18.0 Å². The molecule has 0 spiro atoms. The summed E-state index contributed by atoms with van der Waals surface area (Å²) in [5.74, 6) is 0.211. The van der Waals surface area contributed by atoms with Crippen molar-refractivity contribution in [2.45, 2.75) is 45.9 Å². The van der Waals surface area contributed by atoms with Crippen LogP contribution >= 0.6 is 0 Å². The number of hydrogen-bond acceptors (Lipinski definition) is 4. The Kier molecular flexibility index (Phi) is 7.41. The van der Waals surface area contributed by atoms with Gasteiger partial charge in [0.2, 0.25) is 5.91 Å². The monoisotopic (exact) mass is 347 g/mol. The molecule has 5 nitrogen and oxygen atoms in total. The molecule has 1 aromatic carbocycles. The first-order valence-corrected chi connectivity index (χ1v) is 9.37. The van der Waals surface area contributed by atoms with E-state index in [2.05, 4.69) is 37.5 Å². The van der Waals surface area contributed by atoms with Crippen molar-refractivity contribution in [3.05, 3.63) is 35.9 Å². The van der Waals surface area contributed by atoms with Gasteiger partial charge in [-0.15, -0.1) is 0 Å². The van der Waals surface area contributed by atoms with Crippen LogP contribution in [0.1, 0.15) is 39.4 Å². The summed E-state index contributed by atoms with van der Waals surface area (Å²) in [6.45, 7) is 12.9. The Morgan fingerprint density at radius 3 is 2.04 bits per heavy atom. The number of rotatable bonds is 7. The summed E-state index contributed by atoms with van der Waals surface area (Å²) in [6, 6.07) is 10.3. The van der Waals surface area contributed by atoms with Crippen LogP contribution in [-0.4, -0.2) is 77.1 Å². The lowest BCUT2D eigenvalue weighted by atomic mass is 10.1. The van der Waals surface area contributed by atoms with E-state index in [9.17, 15) is 9.90 Å². The van der Waals surface area contributed by atoms with Crippen LogP contribution in [-0.2, 0) is 4.79 Å². The second-order valence-corrected chi connectivity index (χ2v) is 7.49. The molecular formula is C20H33N3O2. The molecule has 25 heavy (non-hydrogen) atoms. The van der Waals surface area contributed by atoms with Gasteiger partial charge >= 0.3 is 0 Å². The van der Waals surface area contributed by atoms with Gasteiger partial charge in [0, 0.05) is 44.8 Å². The van der Waals surface area contributed by atoms with Crippen LogP contribution in [0, 0.1) is 0 Å². The predicted octanol–water partition coefficient (Wildman–Crippen LogP) is 1.98. The van der Waals surface area contributed by atoms with Crippen molar-refractivity contribution >= 4 is 5.91 Å². The number of amides is 1. The van der Waals surface area contributed by atoms with Gasteiger partial charge in [-0.2, -0.15) is 0 Å². The molecule has 140 valence electrons. The third kappa shape index (κ3) is 5.80. The zero-order chi connectivity index (χ0) is 18.4. The summed E-state index contributed by atoms with van der Waals surface area (Å²) in [6.07, 6.45) is -0.452. The van der Waals surface area contributed by atoms with Crippen molar-refractivity contribution in [3.8, 4) is 0 Å². The summed E-state index contributed by atoms with van der Waals surface area (Å²) in [7, 11) is 0. The molecule has 1 saturated heterocycles. The third-order valence-electron chi connectivity index (χ3n) is 4.84. The minimum atomic E-state index is -0.452. The summed E-state index contributed by atoms with van der Waals surface area (Å²) in [4.78, 5) is 19.0. The quantitative estimate of drug-likeness (QED) is 0.819. The van der Waals surface area contributed by atoms with Crippen molar-refractivity contribution < 1.29 is 9.90 Å². The number of nitrogens with zero attached hydrogens (tertiary/aromatic N) is 3. The molecule has 1 atom stereocenters. The second-order valence-electron chi connectivity index (χ2n) is 7.49. The summed E-state index contributed by atoms with van der Waals surface area (Å²) in [5.41, 5.74) is 0.963. The first-order chi connectivity index (χ1) is 11.9. The minimum Gasteiger partial charge on any atom is -0.387 e. The number of aliphatic hydroxyl groups is 1. The molecule has 1 heterocycles. The fourth-order valence-electron chi connectivity index (χ4n) is 3.60. The number of carbonyl (C=O) groups is 1. The average Bonchev–Trinajstić information content (AvgIpc) is 2.56. The van der Waals surface area contributed by atoms with Crippen molar-refractivity contribution in [1.82, 2.24) is 14.7 Å². The molecule has 5 heteroatoms. The minimum absolute atomic E-state index is 0.211. The third-order valence-corrected chi connectivity index (χ3v) is 4.84. The summed E-state index contributed by atoms with van der Waals surface area (Å²) >= 11 is 0. The molecule has 0 aromatic heterocycles.